The first kappa shape index (κ1) is 11.3. The molecule has 1 nitrogen and oxygen atoms in total. The number of hydrogen-bond donors (Lipinski definition) is 0. The summed E-state index contributed by atoms with van der Waals surface area (Å²) in [6.45, 7) is -0.537. The fourth-order valence-electron chi connectivity index (χ4n) is 0.695. The van der Waals surface area contributed by atoms with Gasteiger partial charge in [-0.2, -0.15) is 0 Å². The topological polar surface area (TPSA) is 17.1 Å². The van der Waals surface area contributed by atoms with Crippen LogP contribution in [0, 0.1) is 0 Å². The van der Waals surface area contributed by atoms with Gasteiger partial charge in [-0.15, -0.1) is 0 Å². The third-order valence-electron chi connectivity index (χ3n) is 1.49. The molecule has 10 heteroatoms. The summed E-state index contributed by atoms with van der Waals surface area (Å²) in [7, 11) is 23.6. The molecular weight excluding hydrogens is 125 g/mol. The van der Waals surface area contributed by atoms with Crippen molar-refractivity contribution in [3.8, 4) is 0 Å². The lowest BCUT2D eigenvalue weighted by atomic mass is 8.67. The van der Waals surface area contributed by atoms with Crippen LogP contribution in [-0.2, 0) is 4.79 Å². The molecule has 0 aliphatic carbocycles. The average molecular weight is 126 g/mol. The predicted octanol–water partition coefficient (Wildman–Crippen LogP) is -3.70. The standard InChI is InChI=1S/CHB9O/c2-6-9(4)8(1-11)10(5)7-3/h1H. The molecular formula is CHB9O. The van der Waals surface area contributed by atoms with Crippen LogP contribution < -0.4 is 0 Å². The lowest BCUT2D eigenvalue weighted by Gasteiger charge is -2.16. The van der Waals surface area contributed by atoms with Crippen molar-refractivity contribution >= 4 is 70.5 Å². The maximum atomic E-state index is 10.4. The number of rotatable bonds is 5. The SMILES string of the molecule is [B][B]B([B])B(C=O)B([B])[B][B]. The van der Waals surface area contributed by atoms with E-state index in [1.54, 1.807) is 0 Å². The van der Waals surface area contributed by atoms with Crippen molar-refractivity contribution in [2.24, 2.45) is 0 Å². The van der Waals surface area contributed by atoms with Gasteiger partial charge in [0.2, 0.25) is 0 Å². The molecule has 0 fully saturated rings. The molecule has 0 unspecified atom stereocenters. The summed E-state index contributed by atoms with van der Waals surface area (Å²) in [5.74, 6) is 0. The van der Waals surface area contributed by atoms with Crippen LogP contribution in [0.2, 0.25) is 0 Å². The Hall–Kier alpha value is 0.254. The summed E-state index contributed by atoms with van der Waals surface area (Å²) in [5.41, 5.74) is 0. The second kappa shape index (κ2) is 5.85. The van der Waals surface area contributed by atoms with E-state index < -0.39 is 19.3 Å². The van der Waals surface area contributed by atoms with E-state index >= 15 is 0 Å². The molecule has 0 saturated heterocycles. The number of carbonyl (C=O) groups excluding carboxylic acids is 1. The van der Waals surface area contributed by atoms with E-state index in [2.05, 4.69) is 0 Å². The zero-order valence-corrected chi connectivity index (χ0v) is 6.18. The largest absolute Gasteiger partial charge is 0.316 e. The summed E-state index contributed by atoms with van der Waals surface area (Å²) < 4.78 is 0. The first-order valence-electron chi connectivity index (χ1n) is 3.24. The summed E-state index contributed by atoms with van der Waals surface area (Å²) in [5, 5.41) is 0. The van der Waals surface area contributed by atoms with Gasteiger partial charge in [0, 0.05) is 57.8 Å². The predicted molar refractivity (Wildman–Crippen MR) is 58.5 cm³/mol. The van der Waals surface area contributed by atoms with E-state index in [1.165, 1.54) is 14.1 Å². The highest BCUT2D eigenvalue weighted by atomic mass is 16.1. The van der Waals surface area contributed by atoms with Gasteiger partial charge in [-0.3, -0.25) is 0 Å². The Bertz CT molecular complexity index is 104. The summed E-state index contributed by atoms with van der Waals surface area (Å²) in [6.07, 6.45) is -0.424. The third-order valence-corrected chi connectivity index (χ3v) is 1.49. The van der Waals surface area contributed by atoms with E-state index in [0.29, 0.717) is 6.19 Å². The van der Waals surface area contributed by atoms with Gasteiger partial charge in [0.25, 0.3) is 0 Å². The Morgan fingerprint density at radius 3 is 1.64 bits per heavy atom. The minimum atomic E-state index is -0.540. The molecule has 0 aliphatic heterocycles. The van der Waals surface area contributed by atoms with Gasteiger partial charge in [-0.05, 0) is 0 Å². The van der Waals surface area contributed by atoms with Crippen LogP contribution in [0.25, 0.3) is 0 Å². The van der Waals surface area contributed by atoms with Crippen LogP contribution in [0.1, 0.15) is 0 Å². The zero-order valence-electron chi connectivity index (χ0n) is 6.18. The first-order chi connectivity index (χ1) is 5.17. The lowest BCUT2D eigenvalue weighted by Crippen LogP contribution is -2.57. The molecule has 0 N–H and O–H groups in total. The van der Waals surface area contributed by atoms with Crippen LogP contribution in [0.4, 0.5) is 0 Å². The molecule has 38 valence electrons. The highest BCUT2D eigenvalue weighted by molar-refractivity contribution is 7.92. The maximum Gasteiger partial charge on any atom is 0.122 e. The van der Waals surface area contributed by atoms with Crippen LogP contribution in [0.15, 0.2) is 0 Å². The molecule has 0 heterocycles. The monoisotopic (exact) mass is 128 g/mol. The Morgan fingerprint density at radius 2 is 1.45 bits per heavy atom. The van der Waals surface area contributed by atoms with Crippen LogP contribution in [0.3, 0.4) is 0 Å². The van der Waals surface area contributed by atoms with E-state index in [9.17, 15) is 4.79 Å². The molecule has 0 aromatic heterocycles. The normalized spacial score (nSPS) is 8.00. The molecule has 0 rings (SSSR count). The molecule has 11 heavy (non-hydrogen) atoms. The van der Waals surface area contributed by atoms with Gasteiger partial charge >= 0.3 is 0 Å². The fraction of sp³-hybridized carbons (Fsp3) is 0. The molecule has 0 aliphatic rings. The third kappa shape index (κ3) is 3.44. The molecule has 0 aromatic carbocycles. The highest BCUT2D eigenvalue weighted by Crippen LogP contribution is 1.84. The van der Waals surface area contributed by atoms with Gasteiger partial charge in [0.15, 0.2) is 0 Å². The Labute approximate surface area is 75.8 Å². The van der Waals surface area contributed by atoms with Crippen LogP contribution in [0.5, 0.6) is 0 Å². The van der Waals surface area contributed by atoms with Crippen molar-refractivity contribution in [2.75, 3.05) is 0 Å². The highest BCUT2D eigenvalue weighted by Gasteiger charge is 2.25. The average Bonchev–Trinajstić information content (AvgIpc) is 2.05. The quantitative estimate of drug-likeness (QED) is 0.274. The van der Waals surface area contributed by atoms with Crippen molar-refractivity contribution in [3.63, 3.8) is 0 Å². The van der Waals surface area contributed by atoms with Gasteiger partial charge in [-0.25, -0.2) is 0 Å². The van der Waals surface area contributed by atoms with E-state index in [1.807, 2.05) is 0 Å². The zero-order chi connectivity index (χ0) is 8.85. The minimum Gasteiger partial charge on any atom is -0.316 e. The minimum absolute atomic E-state index is 0.537. The molecule has 0 aromatic rings. The molecule has 10 radical (unpaired) electrons. The molecule has 0 saturated carbocycles. The number of hydrogen-bond acceptors (Lipinski definition) is 1. The summed E-state index contributed by atoms with van der Waals surface area (Å²) >= 11 is 0. The fourth-order valence-corrected chi connectivity index (χ4v) is 0.695. The van der Waals surface area contributed by atoms with Gasteiger partial charge in [0.05, 0.1) is 6.19 Å². The second-order valence-corrected chi connectivity index (χ2v) is 2.25. The van der Waals surface area contributed by atoms with Crippen molar-refractivity contribution in [2.45, 2.75) is 0 Å². The molecule has 0 atom stereocenters. The lowest BCUT2D eigenvalue weighted by molar-refractivity contribution is 0.568. The molecule has 0 bridgehead atoms. The van der Waals surface area contributed by atoms with Crippen molar-refractivity contribution in [3.05, 3.63) is 0 Å². The van der Waals surface area contributed by atoms with Crippen LogP contribution >= 0.6 is 0 Å². The number of carbonyl (C=O) groups is 1. The molecule has 0 spiro atoms. The smallest absolute Gasteiger partial charge is 0.122 e. The van der Waals surface area contributed by atoms with Gasteiger partial charge in [0.1, 0.15) is 6.49 Å². The van der Waals surface area contributed by atoms with Crippen molar-refractivity contribution in [1.82, 2.24) is 0 Å². The van der Waals surface area contributed by atoms with Gasteiger partial charge in [-0.1, -0.05) is 0 Å². The summed E-state index contributed by atoms with van der Waals surface area (Å²) in [6, 6.07) is 0. The maximum absolute atomic E-state index is 10.4. The Kier molecular flexibility index (Phi) is 5.98. The van der Waals surface area contributed by atoms with Crippen molar-refractivity contribution < 1.29 is 4.79 Å². The van der Waals surface area contributed by atoms with E-state index in [4.69, 9.17) is 30.9 Å². The van der Waals surface area contributed by atoms with Gasteiger partial charge < -0.3 is 4.79 Å². The van der Waals surface area contributed by atoms with E-state index in [0.717, 1.165) is 0 Å². The van der Waals surface area contributed by atoms with Crippen LogP contribution in [-0.4, -0.2) is 70.5 Å². The second-order valence-electron chi connectivity index (χ2n) is 2.25. The molecule has 0 amide bonds. The van der Waals surface area contributed by atoms with E-state index in [-0.39, 0.29) is 0 Å². The van der Waals surface area contributed by atoms with Crippen molar-refractivity contribution in [1.29, 1.82) is 0 Å². The Morgan fingerprint density at radius 1 is 1.09 bits per heavy atom. The Balaban J connectivity index is 4.03. The summed E-state index contributed by atoms with van der Waals surface area (Å²) in [4.78, 5) is 10.4. The first-order valence-corrected chi connectivity index (χ1v) is 3.24.